The molecule has 0 fully saturated rings. The smallest absolute Gasteiger partial charge is 0.123 e. The molecule has 0 heterocycles. The van der Waals surface area contributed by atoms with Gasteiger partial charge in [0.05, 0.1) is 0 Å². The molecule has 0 aliphatic carbocycles. The molecular weight excluding hydrogens is 305 g/mol. The predicted molar refractivity (Wildman–Crippen MR) is 80.5 cm³/mol. The third kappa shape index (κ3) is 3.88. The molecule has 0 saturated heterocycles. The van der Waals surface area contributed by atoms with Crippen molar-refractivity contribution in [3.8, 4) is 0 Å². The fourth-order valence-electron chi connectivity index (χ4n) is 2.09. The minimum absolute atomic E-state index is 0.106. The monoisotopic (exact) mass is 321 g/mol. The Labute approximate surface area is 122 Å². The highest BCUT2D eigenvalue weighted by Gasteiger charge is 2.11. The molecule has 2 atom stereocenters. The standard InChI is InChI=1S/C16H17BrFN/c1-11(13-6-8-15(17)9-7-13)19-12(2)14-4-3-5-16(18)10-14/h3-12,19H,1-2H3/t11-,12?/m1/s1. The molecule has 0 spiro atoms. The number of hydrogen-bond donors (Lipinski definition) is 1. The van der Waals surface area contributed by atoms with Crippen molar-refractivity contribution >= 4 is 15.9 Å². The number of benzene rings is 2. The lowest BCUT2D eigenvalue weighted by Gasteiger charge is -2.21. The van der Waals surface area contributed by atoms with Crippen LogP contribution in [0.2, 0.25) is 0 Å². The number of rotatable bonds is 4. The van der Waals surface area contributed by atoms with E-state index in [1.54, 1.807) is 12.1 Å². The quantitative estimate of drug-likeness (QED) is 0.835. The SMILES string of the molecule is CC(N[C@H](C)c1ccc(Br)cc1)c1cccc(F)c1. The van der Waals surface area contributed by atoms with Crippen molar-refractivity contribution in [3.05, 3.63) is 69.9 Å². The summed E-state index contributed by atoms with van der Waals surface area (Å²) in [6.07, 6.45) is 0. The van der Waals surface area contributed by atoms with Gasteiger partial charge < -0.3 is 5.32 Å². The summed E-state index contributed by atoms with van der Waals surface area (Å²) in [7, 11) is 0. The van der Waals surface area contributed by atoms with E-state index in [9.17, 15) is 4.39 Å². The highest BCUT2D eigenvalue weighted by Crippen LogP contribution is 2.21. The van der Waals surface area contributed by atoms with Crippen LogP contribution in [0.25, 0.3) is 0 Å². The lowest BCUT2D eigenvalue weighted by atomic mass is 10.0. The van der Waals surface area contributed by atoms with E-state index in [2.05, 4.69) is 40.3 Å². The molecule has 3 heteroatoms. The first-order valence-corrected chi connectivity index (χ1v) is 7.12. The molecule has 0 radical (unpaired) electrons. The van der Waals surface area contributed by atoms with Gasteiger partial charge in [-0.1, -0.05) is 40.2 Å². The van der Waals surface area contributed by atoms with Crippen LogP contribution in [0, 0.1) is 5.82 Å². The second kappa shape index (κ2) is 6.31. The Balaban J connectivity index is 2.06. The molecule has 2 aromatic rings. The Kier molecular flexibility index (Phi) is 4.72. The van der Waals surface area contributed by atoms with Crippen LogP contribution in [0.1, 0.15) is 37.1 Å². The first-order chi connectivity index (χ1) is 9.06. The van der Waals surface area contributed by atoms with E-state index in [1.807, 2.05) is 25.1 Å². The zero-order chi connectivity index (χ0) is 13.8. The second-order valence-corrected chi connectivity index (χ2v) is 5.63. The van der Waals surface area contributed by atoms with Gasteiger partial charge in [-0.2, -0.15) is 0 Å². The van der Waals surface area contributed by atoms with Gasteiger partial charge in [0.15, 0.2) is 0 Å². The molecule has 0 saturated carbocycles. The normalized spacial score (nSPS) is 14.1. The van der Waals surface area contributed by atoms with Crippen LogP contribution in [0.3, 0.4) is 0 Å². The summed E-state index contributed by atoms with van der Waals surface area (Å²) < 4.78 is 14.3. The Hall–Kier alpha value is -1.19. The first kappa shape index (κ1) is 14.2. The molecule has 2 aromatic carbocycles. The van der Waals surface area contributed by atoms with Gasteiger partial charge >= 0.3 is 0 Å². The summed E-state index contributed by atoms with van der Waals surface area (Å²) in [5.41, 5.74) is 2.18. The minimum atomic E-state index is -0.192. The van der Waals surface area contributed by atoms with Gasteiger partial charge in [0, 0.05) is 16.6 Å². The van der Waals surface area contributed by atoms with Gasteiger partial charge in [-0.3, -0.25) is 0 Å². The van der Waals surface area contributed by atoms with E-state index in [0.29, 0.717) is 0 Å². The maximum absolute atomic E-state index is 13.2. The Bertz CT molecular complexity index is 539. The summed E-state index contributed by atoms with van der Waals surface area (Å²) in [6, 6.07) is 15.3. The summed E-state index contributed by atoms with van der Waals surface area (Å²) in [4.78, 5) is 0. The van der Waals surface area contributed by atoms with E-state index < -0.39 is 0 Å². The van der Waals surface area contributed by atoms with Crippen LogP contribution in [-0.2, 0) is 0 Å². The van der Waals surface area contributed by atoms with Gasteiger partial charge in [0.1, 0.15) is 5.82 Å². The van der Waals surface area contributed by atoms with Crippen LogP contribution < -0.4 is 5.32 Å². The van der Waals surface area contributed by atoms with E-state index in [1.165, 1.54) is 11.6 Å². The molecular formula is C16H17BrFN. The largest absolute Gasteiger partial charge is 0.304 e. The van der Waals surface area contributed by atoms with Gasteiger partial charge in [0.2, 0.25) is 0 Å². The molecule has 19 heavy (non-hydrogen) atoms. The predicted octanol–water partition coefficient (Wildman–Crippen LogP) is 5.00. The summed E-state index contributed by atoms with van der Waals surface area (Å²) in [5, 5.41) is 3.48. The summed E-state index contributed by atoms with van der Waals surface area (Å²) in [5.74, 6) is -0.192. The minimum Gasteiger partial charge on any atom is -0.304 e. The van der Waals surface area contributed by atoms with Crippen molar-refractivity contribution in [3.63, 3.8) is 0 Å². The molecule has 1 N–H and O–H groups in total. The third-order valence-electron chi connectivity index (χ3n) is 3.22. The van der Waals surface area contributed by atoms with E-state index in [0.717, 1.165) is 10.0 Å². The molecule has 0 aliphatic rings. The van der Waals surface area contributed by atoms with E-state index >= 15 is 0 Å². The summed E-state index contributed by atoms with van der Waals surface area (Å²) >= 11 is 3.43. The van der Waals surface area contributed by atoms with E-state index in [4.69, 9.17) is 0 Å². The van der Waals surface area contributed by atoms with Crippen molar-refractivity contribution < 1.29 is 4.39 Å². The van der Waals surface area contributed by atoms with Gasteiger partial charge in [-0.25, -0.2) is 4.39 Å². The molecule has 1 nitrogen and oxygen atoms in total. The first-order valence-electron chi connectivity index (χ1n) is 6.33. The third-order valence-corrected chi connectivity index (χ3v) is 3.75. The summed E-state index contributed by atoms with van der Waals surface area (Å²) in [6.45, 7) is 4.16. The molecule has 0 aliphatic heterocycles. The average Bonchev–Trinajstić information content (AvgIpc) is 2.39. The van der Waals surface area contributed by atoms with Crippen LogP contribution in [0.4, 0.5) is 4.39 Å². The highest BCUT2D eigenvalue weighted by atomic mass is 79.9. The number of nitrogens with one attached hydrogen (secondary N) is 1. The zero-order valence-corrected chi connectivity index (χ0v) is 12.6. The maximum Gasteiger partial charge on any atom is 0.123 e. The highest BCUT2D eigenvalue weighted by molar-refractivity contribution is 9.10. The Morgan fingerprint density at radius 2 is 1.58 bits per heavy atom. The topological polar surface area (TPSA) is 12.0 Å². The van der Waals surface area contributed by atoms with Crippen molar-refractivity contribution in [2.45, 2.75) is 25.9 Å². The lowest BCUT2D eigenvalue weighted by molar-refractivity contribution is 0.492. The number of halogens is 2. The second-order valence-electron chi connectivity index (χ2n) is 4.72. The molecule has 100 valence electrons. The van der Waals surface area contributed by atoms with Crippen molar-refractivity contribution in [1.29, 1.82) is 0 Å². The van der Waals surface area contributed by atoms with Crippen LogP contribution >= 0.6 is 15.9 Å². The fourth-order valence-corrected chi connectivity index (χ4v) is 2.36. The van der Waals surface area contributed by atoms with E-state index in [-0.39, 0.29) is 17.9 Å². The Morgan fingerprint density at radius 3 is 2.21 bits per heavy atom. The molecule has 0 aromatic heterocycles. The van der Waals surface area contributed by atoms with Crippen LogP contribution in [0.15, 0.2) is 53.0 Å². The fraction of sp³-hybridized carbons (Fsp3) is 0.250. The van der Waals surface area contributed by atoms with Crippen molar-refractivity contribution in [1.82, 2.24) is 5.32 Å². The van der Waals surface area contributed by atoms with Crippen LogP contribution in [0.5, 0.6) is 0 Å². The molecule has 0 amide bonds. The van der Waals surface area contributed by atoms with Gasteiger partial charge in [0.25, 0.3) is 0 Å². The maximum atomic E-state index is 13.2. The zero-order valence-electron chi connectivity index (χ0n) is 11.0. The van der Waals surface area contributed by atoms with Crippen LogP contribution in [-0.4, -0.2) is 0 Å². The number of hydrogen-bond acceptors (Lipinski definition) is 1. The molecule has 0 bridgehead atoms. The van der Waals surface area contributed by atoms with Crippen molar-refractivity contribution in [2.24, 2.45) is 0 Å². The lowest BCUT2D eigenvalue weighted by Crippen LogP contribution is -2.22. The van der Waals surface area contributed by atoms with Crippen molar-refractivity contribution in [2.75, 3.05) is 0 Å². The van der Waals surface area contributed by atoms with Gasteiger partial charge in [-0.05, 0) is 49.2 Å². The average molecular weight is 322 g/mol. The molecule has 1 unspecified atom stereocenters. The Morgan fingerprint density at radius 1 is 0.947 bits per heavy atom. The van der Waals surface area contributed by atoms with Gasteiger partial charge in [-0.15, -0.1) is 0 Å². The molecule has 2 rings (SSSR count).